The predicted octanol–water partition coefficient (Wildman–Crippen LogP) is 3.88. The fourth-order valence-electron chi connectivity index (χ4n) is 6.25. The van der Waals surface area contributed by atoms with E-state index in [0.29, 0.717) is 12.8 Å². The van der Waals surface area contributed by atoms with Crippen LogP contribution in [0, 0.1) is 11.8 Å². The van der Waals surface area contributed by atoms with Crippen LogP contribution >= 0.6 is 0 Å². The highest BCUT2D eigenvalue weighted by atomic mass is 16.3. The van der Waals surface area contributed by atoms with E-state index in [2.05, 4.69) is 31.2 Å². The smallest absolute Gasteiger partial charge is 0.202 e. The minimum absolute atomic E-state index is 0.0855. The maximum atomic E-state index is 13.6. The molecule has 0 heterocycles. The van der Waals surface area contributed by atoms with Gasteiger partial charge < -0.3 is 20.4 Å². The van der Waals surface area contributed by atoms with Crippen molar-refractivity contribution in [3.8, 4) is 5.75 Å². The van der Waals surface area contributed by atoms with E-state index in [4.69, 9.17) is 0 Å². The highest BCUT2D eigenvalue weighted by Crippen LogP contribution is 2.52. The molecule has 1 saturated carbocycles. The van der Waals surface area contributed by atoms with E-state index in [9.17, 15) is 34.8 Å². The van der Waals surface area contributed by atoms with Crippen LogP contribution in [0.25, 0.3) is 5.76 Å². The van der Waals surface area contributed by atoms with Crippen molar-refractivity contribution in [2.24, 2.45) is 11.8 Å². The zero-order chi connectivity index (χ0) is 26.6. The van der Waals surface area contributed by atoms with Gasteiger partial charge in [0.05, 0.1) is 5.56 Å². The van der Waals surface area contributed by atoms with Crippen molar-refractivity contribution in [2.45, 2.75) is 58.0 Å². The molecule has 192 valence electrons. The van der Waals surface area contributed by atoms with Crippen molar-refractivity contribution in [2.75, 3.05) is 0 Å². The van der Waals surface area contributed by atoms with Gasteiger partial charge in [-0.3, -0.25) is 14.4 Å². The Morgan fingerprint density at radius 1 is 0.973 bits per heavy atom. The average molecular weight is 503 g/mol. The van der Waals surface area contributed by atoms with Gasteiger partial charge in [0.15, 0.2) is 17.2 Å². The van der Waals surface area contributed by atoms with Gasteiger partial charge >= 0.3 is 0 Å². The Hall–Kier alpha value is -3.71. The first-order chi connectivity index (χ1) is 17.6. The predicted molar refractivity (Wildman–Crippen MR) is 136 cm³/mol. The number of ketones is 3. The zero-order valence-electron chi connectivity index (χ0n) is 20.9. The molecule has 3 aliphatic carbocycles. The molecule has 3 aliphatic rings. The van der Waals surface area contributed by atoms with E-state index in [0.717, 1.165) is 36.5 Å². The lowest BCUT2D eigenvalue weighted by Crippen LogP contribution is -2.57. The normalized spacial score (nSPS) is 25.1. The molecule has 0 unspecified atom stereocenters. The number of aliphatic hydroxyl groups excluding tert-OH is 2. The third-order valence-corrected chi connectivity index (χ3v) is 8.26. The fourth-order valence-corrected chi connectivity index (χ4v) is 6.25. The van der Waals surface area contributed by atoms with Crippen LogP contribution in [0.1, 0.15) is 54.5 Å². The average Bonchev–Trinajstić information content (AvgIpc) is 2.86. The maximum absolute atomic E-state index is 13.6. The van der Waals surface area contributed by atoms with Crippen LogP contribution in [-0.4, -0.2) is 43.4 Å². The summed E-state index contributed by atoms with van der Waals surface area (Å²) in [4.78, 5) is 38.2. The van der Waals surface area contributed by atoms with Gasteiger partial charge in [-0.15, -0.1) is 0 Å². The third-order valence-electron chi connectivity index (χ3n) is 8.26. The van der Waals surface area contributed by atoms with Crippen molar-refractivity contribution in [3.63, 3.8) is 0 Å². The summed E-state index contributed by atoms with van der Waals surface area (Å²) in [7, 11) is 0. The van der Waals surface area contributed by atoms with Crippen molar-refractivity contribution < 1.29 is 34.8 Å². The number of benzene rings is 2. The van der Waals surface area contributed by atoms with Crippen LogP contribution in [0.4, 0.5) is 0 Å². The Morgan fingerprint density at radius 2 is 1.65 bits per heavy atom. The number of carbonyl (C=O) groups excluding carboxylic acids is 3. The maximum Gasteiger partial charge on any atom is 0.202 e. The van der Waals surface area contributed by atoms with Gasteiger partial charge in [-0.1, -0.05) is 37.3 Å². The van der Waals surface area contributed by atoms with Gasteiger partial charge in [-0.2, -0.15) is 0 Å². The minimum atomic E-state index is -2.47. The van der Waals surface area contributed by atoms with Crippen molar-refractivity contribution >= 4 is 23.1 Å². The fraction of sp³-hybridized carbons (Fsp3) is 0.367. The van der Waals surface area contributed by atoms with Crippen molar-refractivity contribution in [1.82, 2.24) is 0 Å². The monoisotopic (exact) mass is 502 g/mol. The largest absolute Gasteiger partial charge is 0.508 e. The second-order valence-electron chi connectivity index (χ2n) is 10.4. The molecular weight excluding hydrogens is 472 g/mol. The number of aliphatic hydroxyl groups is 3. The molecule has 7 heteroatoms. The summed E-state index contributed by atoms with van der Waals surface area (Å²) >= 11 is 0. The van der Waals surface area contributed by atoms with E-state index in [-0.39, 0.29) is 29.7 Å². The van der Waals surface area contributed by atoms with Crippen LogP contribution in [0.15, 0.2) is 53.3 Å². The number of phenols is 1. The molecular formula is C30H30O7. The molecule has 0 amide bonds. The van der Waals surface area contributed by atoms with Crippen LogP contribution in [0.3, 0.4) is 0 Å². The quantitative estimate of drug-likeness (QED) is 0.456. The topological polar surface area (TPSA) is 132 Å². The molecule has 37 heavy (non-hydrogen) atoms. The number of hydrogen-bond acceptors (Lipinski definition) is 7. The van der Waals surface area contributed by atoms with E-state index in [1.807, 2.05) is 6.07 Å². The van der Waals surface area contributed by atoms with Gasteiger partial charge in [0.25, 0.3) is 0 Å². The number of carbonyl (C=O) groups is 3. The molecule has 3 atom stereocenters. The van der Waals surface area contributed by atoms with E-state index < -0.39 is 51.9 Å². The molecule has 4 N–H and O–H groups in total. The zero-order valence-corrected chi connectivity index (χ0v) is 20.9. The number of aryl methyl sites for hydroxylation is 3. The van der Waals surface area contributed by atoms with E-state index >= 15 is 0 Å². The van der Waals surface area contributed by atoms with Gasteiger partial charge in [-0.05, 0) is 73.3 Å². The summed E-state index contributed by atoms with van der Waals surface area (Å²) in [6, 6.07) is 11.7. The summed E-state index contributed by atoms with van der Waals surface area (Å²) in [6.45, 7) is 3.19. The number of hydrogen-bond donors (Lipinski definition) is 4. The molecule has 2 aromatic rings. The number of aromatic hydroxyl groups is 1. The molecule has 1 fully saturated rings. The molecule has 0 spiro atoms. The molecule has 0 bridgehead atoms. The Labute approximate surface area is 214 Å². The van der Waals surface area contributed by atoms with Crippen molar-refractivity contribution in [3.05, 3.63) is 81.1 Å². The first-order valence-electron chi connectivity index (χ1n) is 12.7. The second-order valence-corrected chi connectivity index (χ2v) is 10.4. The standard InChI is InChI=1S/C30H30O7/c1-3-16-4-6-17(7-5-16)8-9-18-10-11-22(32)26-21(18)13-19-12-20-14-23(33)24(15(2)31)28(35)30(20,37)29(36)25(19)27(26)34/h4-7,10-11,19-20,32,34-35,37H,3,8-9,12-14H2,1-2H3/t19-,20+,30-/m1/s1. The Kier molecular flexibility index (Phi) is 6.07. The summed E-state index contributed by atoms with van der Waals surface area (Å²) < 4.78 is 0. The highest BCUT2D eigenvalue weighted by molar-refractivity contribution is 6.23. The number of allylic oxidation sites excluding steroid dienone is 1. The summed E-state index contributed by atoms with van der Waals surface area (Å²) in [5, 5.41) is 44.0. The lowest BCUT2D eigenvalue weighted by atomic mass is 9.59. The van der Waals surface area contributed by atoms with Crippen LogP contribution < -0.4 is 0 Å². The Bertz CT molecular complexity index is 1400. The number of phenolic OH excluding ortho intramolecular Hbond substituents is 1. The first kappa shape index (κ1) is 25.0. The third kappa shape index (κ3) is 3.80. The van der Waals surface area contributed by atoms with E-state index in [1.54, 1.807) is 0 Å². The Morgan fingerprint density at radius 3 is 2.30 bits per heavy atom. The summed E-state index contributed by atoms with van der Waals surface area (Å²) in [5.41, 5.74) is 1.13. The Balaban J connectivity index is 1.54. The SMILES string of the molecule is CCc1ccc(CCc2ccc(O)c3c2C[C@H]2C[C@H]4CC(=O)C(C(C)=O)=C(O)[C@@]4(O)C(=O)C2=C3O)cc1. The van der Waals surface area contributed by atoms with Gasteiger partial charge in [0.1, 0.15) is 22.8 Å². The summed E-state index contributed by atoms with van der Waals surface area (Å²) in [5.74, 6) is -5.24. The molecule has 0 saturated heterocycles. The van der Waals surface area contributed by atoms with Gasteiger partial charge in [0.2, 0.25) is 5.78 Å². The van der Waals surface area contributed by atoms with Crippen molar-refractivity contribution in [1.29, 1.82) is 0 Å². The van der Waals surface area contributed by atoms with Gasteiger partial charge in [-0.25, -0.2) is 0 Å². The molecule has 0 aromatic heterocycles. The van der Waals surface area contributed by atoms with Crippen LogP contribution in [0.2, 0.25) is 0 Å². The first-order valence-corrected chi connectivity index (χ1v) is 12.7. The molecule has 0 radical (unpaired) electrons. The second kappa shape index (κ2) is 8.99. The lowest BCUT2D eigenvalue weighted by molar-refractivity contribution is -0.147. The minimum Gasteiger partial charge on any atom is -0.508 e. The molecule has 7 nitrogen and oxygen atoms in total. The number of fused-ring (bicyclic) bond motifs is 3. The van der Waals surface area contributed by atoms with Gasteiger partial charge in [0, 0.05) is 17.9 Å². The van der Waals surface area contributed by atoms with Crippen LogP contribution in [0.5, 0.6) is 5.75 Å². The molecule has 2 aromatic carbocycles. The number of rotatable bonds is 5. The lowest BCUT2D eigenvalue weighted by Gasteiger charge is -2.46. The van der Waals surface area contributed by atoms with Crippen LogP contribution in [-0.2, 0) is 40.1 Å². The van der Waals surface area contributed by atoms with E-state index in [1.165, 1.54) is 11.6 Å². The molecule has 5 rings (SSSR count). The molecule has 0 aliphatic heterocycles. The highest BCUT2D eigenvalue weighted by Gasteiger charge is 2.60. The number of Topliss-reactive ketones (excluding diaryl/α,β-unsaturated/α-hetero) is 3. The summed E-state index contributed by atoms with van der Waals surface area (Å²) in [6.07, 6.45) is 2.63.